The van der Waals surface area contributed by atoms with Crippen LogP contribution in [0, 0.1) is 12.3 Å². The van der Waals surface area contributed by atoms with Gasteiger partial charge in [0.05, 0.1) is 6.54 Å². The van der Waals surface area contributed by atoms with Crippen molar-refractivity contribution in [2.75, 3.05) is 46.8 Å². The zero-order chi connectivity index (χ0) is 11.1. The van der Waals surface area contributed by atoms with E-state index >= 15 is 0 Å². The molecule has 15 heavy (non-hydrogen) atoms. The Morgan fingerprint density at radius 1 is 1.40 bits per heavy atom. The minimum Gasteiger partial charge on any atom is -0.313 e. The summed E-state index contributed by atoms with van der Waals surface area (Å²) >= 11 is 0. The summed E-state index contributed by atoms with van der Waals surface area (Å²) in [5, 5.41) is 3.60. The molecule has 0 radical (unpaired) electrons. The SMILES string of the molecule is C#CCN1CCC(NCCN(C)C)CC1. The molecule has 0 unspecified atom stereocenters. The molecular formula is C12H23N3. The number of piperidine rings is 1. The molecule has 0 amide bonds. The van der Waals surface area contributed by atoms with Crippen LogP contribution in [0.5, 0.6) is 0 Å². The molecule has 1 saturated heterocycles. The topological polar surface area (TPSA) is 18.5 Å². The molecule has 0 aromatic carbocycles. The Labute approximate surface area is 93.8 Å². The largest absolute Gasteiger partial charge is 0.313 e. The molecular weight excluding hydrogens is 186 g/mol. The van der Waals surface area contributed by atoms with Crippen molar-refractivity contribution < 1.29 is 0 Å². The van der Waals surface area contributed by atoms with Crippen LogP contribution in [0.1, 0.15) is 12.8 Å². The summed E-state index contributed by atoms with van der Waals surface area (Å²) in [6.45, 7) is 5.30. The van der Waals surface area contributed by atoms with E-state index in [1.807, 2.05) is 0 Å². The Morgan fingerprint density at radius 2 is 2.07 bits per heavy atom. The summed E-state index contributed by atoms with van der Waals surface area (Å²) in [5.74, 6) is 2.71. The fraction of sp³-hybridized carbons (Fsp3) is 0.833. The molecule has 1 aliphatic heterocycles. The Kier molecular flexibility index (Phi) is 5.70. The second-order valence-electron chi connectivity index (χ2n) is 4.51. The predicted molar refractivity (Wildman–Crippen MR) is 64.9 cm³/mol. The van der Waals surface area contributed by atoms with E-state index in [1.165, 1.54) is 12.8 Å². The quantitative estimate of drug-likeness (QED) is 0.654. The smallest absolute Gasteiger partial charge is 0.0598 e. The fourth-order valence-electron chi connectivity index (χ4n) is 1.92. The van der Waals surface area contributed by atoms with E-state index in [-0.39, 0.29) is 0 Å². The van der Waals surface area contributed by atoms with Crippen LogP contribution in [0.25, 0.3) is 0 Å². The van der Waals surface area contributed by atoms with E-state index in [4.69, 9.17) is 6.42 Å². The third kappa shape index (κ3) is 5.17. The second-order valence-corrected chi connectivity index (χ2v) is 4.51. The summed E-state index contributed by atoms with van der Waals surface area (Å²) in [6.07, 6.45) is 7.76. The van der Waals surface area contributed by atoms with Gasteiger partial charge in [-0.15, -0.1) is 6.42 Å². The predicted octanol–water partition coefficient (Wildman–Crippen LogP) is 0.235. The van der Waals surface area contributed by atoms with Crippen LogP contribution in [-0.4, -0.2) is 62.7 Å². The highest BCUT2D eigenvalue weighted by Gasteiger charge is 2.17. The highest BCUT2D eigenvalue weighted by molar-refractivity contribution is 4.90. The van der Waals surface area contributed by atoms with Crippen LogP contribution in [0.4, 0.5) is 0 Å². The number of nitrogens with one attached hydrogen (secondary N) is 1. The van der Waals surface area contributed by atoms with Crippen molar-refractivity contribution in [3.05, 3.63) is 0 Å². The molecule has 0 bridgehead atoms. The van der Waals surface area contributed by atoms with Crippen molar-refractivity contribution in [2.45, 2.75) is 18.9 Å². The first kappa shape index (κ1) is 12.5. The lowest BCUT2D eigenvalue weighted by atomic mass is 10.1. The van der Waals surface area contributed by atoms with Gasteiger partial charge < -0.3 is 10.2 Å². The van der Waals surface area contributed by atoms with Crippen molar-refractivity contribution in [1.29, 1.82) is 0 Å². The number of hydrogen-bond acceptors (Lipinski definition) is 3. The molecule has 0 aromatic rings. The molecule has 86 valence electrons. The monoisotopic (exact) mass is 209 g/mol. The minimum absolute atomic E-state index is 0.693. The normalized spacial score (nSPS) is 19.3. The van der Waals surface area contributed by atoms with Crippen molar-refractivity contribution >= 4 is 0 Å². The molecule has 0 aromatic heterocycles. The third-order valence-corrected chi connectivity index (χ3v) is 2.89. The maximum Gasteiger partial charge on any atom is 0.0598 e. The molecule has 1 rings (SSSR count). The van der Waals surface area contributed by atoms with Gasteiger partial charge in [-0.05, 0) is 26.9 Å². The molecule has 1 aliphatic rings. The number of rotatable bonds is 5. The zero-order valence-corrected chi connectivity index (χ0v) is 10.00. The first-order valence-corrected chi connectivity index (χ1v) is 5.76. The molecule has 0 atom stereocenters. The highest BCUT2D eigenvalue weighted by Crippen LogP contribution is 2.09. The van der Waals surface area contributed by atoms with Gasteiger partial charge in [0.15, 0.2) is 0 Å². The van der Waals surface area contributed by atoms with Crippen molar-refractivity contribution in [1.82, 2.24) is 15.1 Å². The van der Waals surface area contributed by atoms with E-state index < -0.39 is 0 Å². The Balaban J connectivity index is 2.07. The number of nitrogens with zero attached hydrogens (tertiary/aromatic N) is 2. The highest BCUT2D eigenvalue weighted by atomic mass is 15.1. The van der Waals surface area contributed by atoms with Crippen molar-refractivity contribution in [2.24, 2.45) is 0 Å². The lowest BCUT2D eigenvalue weighted by molar-refractivity contribution is 0.215. The summed E-state index contributed by atoms with van der Waals surface area (Å²) < 4.78 is 0. The van der Waals surface area contributed by atoms with Crippen LogP contribution in [-0.2, 0) is 0 Å². The van der Waals surface area contributed by atoms with Gasteiger partial charge >= 0.3 is 0 Å². The Bertz CT molecular complexity index is 199. The summed E-state index contributed by atoms with van der Waals surface area (Å²) in [4.78, 5) is 4.56. The molecule has 3 heteroatoms. The van der Waals surface area contributed by atoms with E-state index in [1.54, 1.807) is 0 Å². The Morgan fingerprint density at radius 3 is 2.60 bits per heavy atom. The van der Waals surface area contributed by atoms with Crippen LogP contribution < -0.4 is 5.32 Å². The van der Waals surface area contributed by atoms with Gasteiger partial charge in [-0.2, -0.15) is 0 Å². The molecule has 1 fully saturated rings. The maximum absolute atomic E-state index is 5.29. The Hall–Kier alpha value is -0.560. The van der Waals surface area contributed by atoms with E-state index in [0.29, 0.717) is 6.04 Å². The van der Waals surface area contributed by atoms with Crippen molar-refractivity contribution in [3.8, 4) is 12.3 Å². The van der Waals surface area contributed by atoms with Crippen LogP contribution in [0.2, 0.25) is 0 Å². The van der Waals surface area contributed by atoms with Gasteiger partial charge in [-0.3, -0.25) is 4.90 Å². The maximum atomic E-state index is 5.29. The van der Waals surface area contributed by atoms with Gasteiger partial charge in [0.25, 0.3) is 0 Å². The summed E-state index contributed by atoms with van der Waals surface area (Å²) in [6, 6.07) is 0.693. The molecule has 1 N–H and O–H groups in total. The van der Waals surface area contributed by atoms with Crippen molar-refractivity contribution in [3.63, 3.8) is 0 Å². The van der Waals surface area contributed by atoms with Gasteiger partial charge in [0, 0.05) is 32.2 Å². The minimum atomic E-state index is 0.693. The van der Waals surface area contributed by atoms with Gasteiger partial charge in [-0.1, -0.05) is 5.92 Å². The molecule has 3 nitrogen and oxygen atoms in total. The zero-order valence-electron chi connectivity index (χ0n) is 10.00. The molecule has 0 spiro atoms. The number of likely N-dealkylation sites (N-methyl/N-ethyl adjacent to an activating group) is 1. The van der Waals surface area contributed by atoms with E-state index in [9.17, 15) is 0 Å². The average molecular weight is 209 g/mol. The van der Waals surface area contributed by atoms with Crippen LogP contribution in [0.15, 0.2) is 0 Å². The molecule has 1 heterocycles. The summed E-state index contributed by atoms with van der Waals surface area (Å²) in [7, 11) is 4.22. The third-order valence-electron chi connectivity index (χ3n) is 2.89. The number of likely N-dealkylation sites (tertiary alicyclic amines) is 1. The fourth-order valence-corrected chi connectivity index (χ4v) is 1.92. The van der Waals surface area contributed by atoms with Gasteiger partial charge in [-0.25, -0.2) is 0 Å². The average Bonchev–Trinajstić information content (AvgIpc) is 2.20. The molecule has 0 saturated carbocycles. The van der Waals surface area contributed by atoms with E-state index in [0.717, 1.165) is 32.7 Å². The number of terminal acetylenes is 1. The number of hydrogen-bond donors (Lipinski definition) is 1. The van der Waals surface area contributed by atoms with Gasteiger partial charge in [0.1, 0.15) is 0 Å². The summed E-state index contributed by atoms with van der Waals surface area (Å²) in [5.41, 5.74) is 0. The molecule has 0 aliphatic carbocycles. The first-order valence-electron chi connectivity index (χ1n) is 5.76. The van der Waals surface area contributed by atoms with Crippen LogP contribution >= 0.6 is 0 Å². The van der Waals surface area contributed by atoms with E-state index in [2.05, 4.69) is 35.1 Å². The van der Waals surface area contributed by atoms with Crippen LogP contribution in [0.3, 0.4) is 0 Å². The van der Waals surface area contributed by atoms with Gasteiger partial charge in [0.2, 0.25) is 0 Å². The first-order chi connectivity index (χ1) is 7.22. The standard InChI is InChI=1S/C12H23N3/c1-4-8-15-9-5-12(6-10-15)13-7-11-14(2)3/h1,12-13H,5-11H2,2-3H3. The lowest BCUT2D eigenvalue weighted by Crippen LogP contribution is -2.44. The second kappa shape index (κ2) is 6.84. The lowest BCUT2D eigenvalue weighted by Gasteiger charge is -2.31.